The number of hydrogen-bond donors (Lipinski definition) is 0. The average Bonchev–Trinajstić information content (AvgIpc) is 2.62. The van der Waals surface area contributed by atoms with Crippen molar-refractivity contribution in [3.8, 4) is 0 Å². The number of unbranched alkanes of at least 4 members (excludes halogenated alkanes) is 12. The van der Waals surface area contributed by atoms with Crippen LogP contribution < -0.4 is 0 Å². The molecule has 2 heteroatoms. The number of carbonyl (C=O) groups is 1. The van der Waals surface area contributed by atoms with Crippen LogP contribution in [0.25, 0.3) is 0 Å². The number of hydrogen-bond acceptors (Lipinski definition) is 2. The summed E-state index contributed by atoms with van der Waals surface area (Å²) < 4.78 is 5.45. The lowest BCUT2D eigenvalue weighted by Gasteiger charge is -2.15. The van der Waals surface area contributed by atoms with E-state index in [9.17, 15) is 4.79 Å². The lowest BCUT2D eigenvalue weighted by atomic mass is 9.95. The molecule has 0 heterocycles. The van der Waals surface area contributed by atoms with Gasteiger partial charge in [0, 0.05) is 0 Å². The van der Waals surface area contributed by atoms with E-state index in [-0.39, 0.29) is 11.9 Å². The van der Waals surface area contributed by atoms with Gasteiger partial charge in [-0.3, -0.25) is 4.79 Å². The van der Waals surface area contributed by atoms with E-state index in [0.717, 1.165) is 38.5 Å². The van der Waals surface area contributed by atoms with E-state index in [1.165, 1.54) is 70.6 Å². The third-order valence-corrected chi connectivity index (χ3v) is 5.14. The predicted octanol–water partition coefficient (Wildman–Crippen LogP) is 7.84. The highest BCUT2D eigenvalue weighted by Gasteiger charge is 2.18. The summed E-state index contributed by atoms with van der Waals surface area (Å²) in [6.45, 7) is 7.21. The Morgan fingerprint density at radius 1 is 0.600 bits per heavy atom. The van der Waals surface area contributed by atoms with E-state index in [4.69, 9.17) is 4.74 Å². The van der Waals surface area contributed by atoms with Gasteiger partial charge in [-0.25, -0.2) is 0 Å². The highest BCUT2D eigenvalue weighted by molar-refractivity contribution is 5.72. The minimum atomic E-state index is 0.0639. The van der Waals surface area contributed by atoms with Crippen molar-refractivity contribution < 1.29 is 9.53 Å². The van der Waals surface area contributed by atoms with E-state index >= 15 is 0 Å². The second-order valence-electron chi connectivity index (χ2n) is 7.68. The third-order valence-electron chi connectivity index (χ3n) is 5.14. The van der Waals surface area contributed by atoms with E-state index < -0.39 is 0 Å². The second kappa shape index (κ2) is 19.8. The topological polar surface area (TPSA) is 26.3 Å². The molecule has 0 aliphatic rings. The Bertz CT molecular complexity index is 275. The summed E-state index contributed by atoms with van der Waals surface area (Å²) in [6.07, 6.45) is 21.4. The summed E-state index contributed by atoms with van der Waals surface area (Å²) in [7, 11) is 0. The number of rotatable bonds is 19. The molecule has 0 bridgehead atoms. The van der Waals surface area contributed by atoms with Crippen LogP contribution in [0.1, 0.15) is 130 Å². The molecule has 1 unspecified atom stereocenters. The number of esters is 1. The summed E-state index contributed by atoms with van der Waals surface area (Å²) in [5.41, 5.74) is 0. The molecular weight excluding hydrogens is 308 g/mol. The Morgan fingerprint density at radius 2 is 1.04 bits per heavy atom. The molecule has 0 spiro atoms. The van der Waals surface area contributed by atoms with Crippen molar-refractivity contribution >= 4 is 5.97 Å². The second-order valence-corrected chi connectivity index (χ2v) is 7.68. The molecule has 0 N–H and O–H groups in total. The van der Waals surface area contributed by atoms with Crippen LogP contribution in [-0.4, -0.2) is 12.6 Å². The van der Waals surface area contributed by atoms with Crippen LogP contribution in [0.4, 0.5) is 0 Å². The van der Waals surface area contributed by atoms with E-state index in [1.807, 2.05) is 0 Å². The molecule has 0 radical (unpaired) electrons. The molecular formula is C23H46O2. The molecule has 2 nitrogen and oxygen atoms in total. The van der Waals surface area contributed by atoms with Gasteiger partial charge < -0.3 is 4.74 Å². The van der Waals surface area contributed by atoms with Gasteiger partial charge in [-0.15, -0.1) is 0 Å². The predicted molar refractivity (Wildman–Crippen MR) is 110 cm³/mol. The zero-order valence-corrected chi connectivity index (χ0v) is 17.6. The standard InChI is InChI=1S/C23H46O2/c1-4-7-10-11-12-13-14-15-16-17-18-20-22(19-8-5-2)23(24)25-21-9-6-3/h22H,4-21H2,1-3H3. The van der Waals surface area contributed by atoms with Crippen molar-refractivity contribution in [2.24, 2.45) is 5.92 Å². The van der Waals surface area contributed by atoms with Gasteiger partial charge in [-0.1, -0.05) is 111 Å². The molecule has 0 aromatic heterocycles. The van der Waals surface area contributed by atoms with Crippen LogP contribution in [0.2, 0.25) is 0 Å². The van der Waals surface area contributed by atoms with Crippen LogP contribution in [0.5, 0.6) is 0 Å². The maximum absolute atomic E-state index is 12.2. The molecule has 0 aromatic rings. The van der Waals surface area contributed by atoms with Gasteiger partial charge in [0.05, 0.1) is 12.5 Å². The van der Waals surface area contributed by atoms with Crippen molar-refractivity contribution in [1.82, 2.24) is 0 Å². The maximum Gasteiger partial charge on any atom is 0.308 e. The van der Waals surface area contributed by atoms with Crippen LogP contribution in [0.3, 0.4) is 0 Å². The maximum atomic E-state index is 12.2. The van der Waals surface area contributed by atoms with Gasteiger partial charge in [-0.05, 0) is 19.3 Å². The van der Waals surface area contributed by atoms with Gasteiger partial charge in [0.1, 0.15) is 0 Å². The average molecular weight is 355 g/mol. The van der Waals surface area contributed by atoms with E-state index in [1.54, 1.807) is 0 Å². The largest absolute Gasteiger partial charge is 0.465 e. The molecule has 25 heavy (non-hydrogen) atoms. The molecule has 0 rings (SSSR count). The quantitative estimate of drug-likeness (QED) is 0.174. The lowest BCUT2D eigenvalue weighted by molar-refractivity contribution is -0.149. The first-order valence-corrected chi connectivity index (χ1v) is 11.4. The highest BCUT2D eigenvalue weighted by atomic mass is 16.5. The molecule has 150 valence electrons. The monoisotopic (exact) mass is 354 g/mol. The van der Waals surface area contributed by atoms with E-state index in [2.05, 4.69) is 20.8 Å². The molecule has 0 aromatic carbocycles. The van der Waals surface area contributed by atoms with Gasteiger partial charge in [0.2, 0.25) is 0 Å². The van der Waals surface area contributed by atoms with Crippen LogP contribution in [-0.2, 0) is 9.53 Å². The van der Waals surface area contributed by atoms with Crippen LogP contribution >= 0.6 is 0 Å². The SMILES string of the molecule is CCCCCCCCCCCCCC(CCCC)C(=O)OCCCC. The molecule has 0 aliphatic carbocycles. The normalized spacial score (nSPS) is 12.3. The summed E-state index contributed by atoms with van der Waals surface area (Å²) in [5, 5.41) is 0. The van der Waals surface area contributed by atoms with E-state index in [0.29, 0.717) is 6.61 Å². The van der Waals surface area contributed by atoms with Crippen molar-refractivity contribution in [2.75, 3.05) is 6.61 Å². The fourth-order valence-corrected chi connectivity index (χ4v) is 3.32. The Kier molecular flexibility index (Phi) is 19.4. The smallest absolute Gasteiger partial charge is 0.308 e. The van der Waals surface area contributed by atoms with Gasteiger partial charge in [0.15, 0.2) is 0 Å². The van der Waals surface area contributed by atoms with Crippen molar-refractivity contribution in [1.29, 1.82) is 0 Å². The Labute approximate surface area is 158 Å². The summed E-state index contributed by atoms with van der Waals surface area (Å²) >= 11 is 0. The Balaban J connectivity index is 3.64. The molecule has 0 saturated carbocycles. The van der Waals surface area contributed by atoms with Gasteiger partial charge >= 0.3 is 5.97 Å². The van der Waals surface area contributed by atoms with Crippen molar-refractivity contribution in [3.05, 3.63) is 0 Å². The number of ether oxygens (including phenoxy) is 1. The van der Waals surface area contributed by atoms with Crippen molar-refractivity contribution in [2.45, 2.75) is 130 Å². The first-order chi connectivity index (χ1) is 12.3. The van der Waals surface area contributed by atoms with Gasteiger partial charge in [-0.2, -0.15) is 0 Å². The lowest BCUT2D eigenvalue weighted by Crippen LogP contribution is -2.18. The molecule has 0 saturated heterocycles. The first kappa shape index (κ1) is 24.5. The third kappa shape index (κ3) is 16.7. The highest BCUT2D eigenvalue weighted by Crippen LogP contribution is 2.20. The fraction of sp³-hybridized carbons (Fsp3) is 0.957. The molecule has 0 aliphatic heterocycles. The molecule has 0 amide bonds. The fourth-order valence-electron chi connectivity index (χ4n) is 3.32. The Morgan fingerprint density at radius 3 is 1.56 bits per heavy atom. The minimum Gasteiger partial charge on any atom is -0.465 e. The molecule has 0 fully saturated rings. The molecule has 1 atom stereocenters. The van der Waals surface area contributed by atoms with Crippen LogP contribution in [0, 0.1) is 5.92 Å². The van der Waals surface area contributed by atoms with Crippen LogP contribution in [0.15, 0.2) is 0 Å². The first-order valence-electron chi connectivity index (χ1n) is 11.4. The zero-order valence-electron chi connectivity index (χ0n) is 17.6. The Hall–Kier alpha value is -0.530. The van der Waals surface area contributed by atoms with Gasteiger partial charge in [0.25, 0.3) is 0 Å². The summed E-state index contributed by atoms with van der Waals surface area (Å²) in [5.74, 6) is 0.212. The van der Waals surface area contributed by atoms with Crippen molar-refractivity contribution in [3.63, 3.8) is 0 Å². The minimum absolute atomic E-state index is 0.0639. The zero-order chi connectivity index (χ0) is 18.6. The number of carbonyl (C=O) groups excluding carboxylic acids is 1. The summed E-state index contributed by atoms with van der Waals surface area (Å²) in [4.78, 5) is 12.2. The summed E-state index contributed by atoms with van der Waals surface area (Å²) in [6, 6.07) is 0.